The van der Waals surface area contributed by atoms with E-state index in [9.17, 15) is 18.3 Å². The van der Waals surface area contributed by atoms with Gasteiger partial charge < -0.3 is 14.4 Å². The molecule has 1 aliphatic rings. The maximum Gasteiger partial charge on any atom is 0.434 e. The highest BCUT2D eigenvalue weighted by atomic mass is 19.4. The lowest BCUT2D eigenvalue weighted by molar-refractivity contribution is -0.140. The van der Waals surface area contributed by atoms with Crippen LogP contribution in [0.15, 0.2) is 43.1 Å². The normalized spacial score (nSPS) is 13.8. The van der Waals surface area contributed by atoms with Gasteiger partial charge in [0.05, 0.1) is 30.9 Å². The van der Waals surface area contributed by atoms with Crippen molar-refractivity contribution >= 4 is 11.0 Å². The van der Waals surface area contributed by atoms with Crippen LogP contribution >= 0.6 is 0 Å². The third-order valence-electron chi connectivity index (χ3n) is 7.34. The van der Waals surface area contributed by atoms with Gasteiger partial charge in [0.15, 0.2) is 17.2 Å². The predicted molar refractivity (Wildman–Crippen MR) is 148 cm³/mol. The average molecular weight is 579 g/mol. The standard InChI is InChI=1S/C29H29F3N8O2/c1-16(2)39-14-22(29(30,31)32)37-26(39)19-6-7-20(18(10-19)8-9-41)13-40-27-21(12-36-40)11-33-25(38-27)23-24(17-4-5-17)34-15-35-28(23)42-3/h6-7,10-12,14-17,41H,4-5,8-9,13H2,1-3H3. The van der Waals surface area contributed by atoms with Gasteiger partial charge in [0.1, 0.15) is 17.7 Å². The van der Waals surface area contributed by atoms with Gasteiger partial charge in [0.2, 0.25) is 5.88 Å². The molecule has 1 fully saturated rings. The summed E-state index contributed by atoms with van der Waals surface area (Å²) in [6, 6.07) is 5.13. The second kappa shape index (κ2) is 10.8. The van der Waals surface area contributed by atoms with Gasteiger partial charge in [-0.15, -0.1) is 0 Å². The number of hydrogen-bond acceptors (Lipinski definition) is 8. The maximum absolute atomic E-state index is 13.5. The number of imidazole rings is 1. The Morgan fingerprint density at radius 2 is 1.88 bits per heavy atom. The molecule has 0 radical (unpaired) electrons. The van der Waals surface area contributed by atoms with Gasteiger partial charge in [-0.3, -0.25) is 0 Å². The largest absolute Gasteiger partial charge is 0.480 e. The zero-order chi connectivity index (χ0) is 29.6. The summed E-state index contributed by atoms with van der Waals surface area (Å²) in [7, 11) is 1.55. The number of methoxy groups -OCH3 is 1. The average Bonchev–Trinajstić information content (AvgIpc) is 3.58. The topological polar surface area (TPSA) is 117 Å². The first-order valence-corrected chi connectivity index (χ1v) is 13.6. The number of rotatable bonds is 9. The van der Waals surface area contributed by atoms with E-state index in [-0.39, 0.29) is 18.5 Å². The van der Waals surface area contributed by atoms with Gasteiger partial charge in [-0.1, -0.05) is 12.1 Å². The molecule has 1 aromatic carbocycles. The fourth-order valence-electron chi connectivity index (χ4n) is 5.09. The molecule has 0 bridgehead atoms. The zero-order valence-electron chi connectivity index (χ0n) is 23.3. The van der Waals surface area contributed by atoms with E-state index in [0.717, 1.165) is 41.2 Å². The summed E-state index contributed by atoms with van der Waals surface area (Å²) in [6.07, 6.45) is 3.72. The predicted octanol–water partition coefficient (Wildman–Crippen LogP) is 5.22. The van der Waals surface area contributed by atoms with Crippen molar-refractivity contribution in [3.05, 3.63) is 65.6 Å². The van der Waals surface area contributed by atoms with Gasteiger partial charge in [0, 0.05) is 36.5 Å². The van der Waals surface area contributed by atoms with E-state index in [0.29, 0.717) is 47.4 Å². The third-order valence-corrected chi connectivity index (χ3v) is 7.34. The fraction of sp³-hybridized carbons (Fsp3) is 0.379. The van der Waals surface area contributed by atoms with E-state index < -0.39 is 11.9 Å². The van der Waals surface area contributed by atoms with Crippen LogP contribution in [0.4, 0.5) is 13.2 Å². The molecule has 4 heterocycles. The summed E-state index contributed by atoms with van der Waals surface area (Å²) < 4.78 is 49.2. The number of hydrogen-bond donors (Lipinski definition) is 1. The lowest BCUT2D eigenvalue weighted by Crippen LogP contribution is -2.08. The number of aliphatic hydroxyl groups excluding tert-OH is 1. The zero-order valence-corrected chi connectivity index (χ0v) is 23.3. The van der Waals surface area contributed by atoms with E-state index in [1.807, 2.05) is 6.07 Å². The van der Waals surface area contributed by atoms with E-state index >= 15 is 0 Å². The Labute approximate surface area is 239 Å². The molecular formula is C29H29F3N8O2. The Morgan fingerprint density at radius 1 is 1.07 bits per heavy atom. The van der Waals surface area contributed by atoms with Crippen LogP contribution < -0.4 is 4.74 Å². The molecule has 1 aliphatic carbocycles. The molecule has 0 amide bonds. The van der Waals surface area contributed by atoms with Crippen molar-refractivity contribution in [2.24, 2.45) is 0 Å². The highest BCUT2D eigenvalue weighted by Gasteiger charge is 2.35. The second-order valence-electron chi connectivity index (χ2n) is 10.6. The van der Waals surface area contributed by atoms with E-state index in [1.165, 1.54) is 10.9 Å². The summed E-state index contributed by atoms with van der Waals surface area (Å²) in [5.41, 5.74) is 3.33. The summed E-state index contributed by atoms with van der Waals surface area (Å²) in [4.78, 5) is 22.1. The van der Waals surface area contributed by atoms with Crippen molar-refractivity contribution in [3.8, 4) is 28.7 Å². The molecule has 0 aliphatic heterocycles. The molecule has 6 rings (SSSR count). The lowest BCUT2D eigenvalue weighted by Gasteiger charge is -2.15. The molecule has 0 spiro atoms. The second-order valence-corrected chi connectivity index (χ2v) is 10.6. The lowest BCUT2D eigenvalue weighted by atomic mass is 10.0. The van der Waals surface area contributed by atoms with E-state index in [1.54, 1.807) is 50.2 Å². The van der Waals surface area contributed by atoms with E-state index in [4.69, 9.17) is 9.72 Å². The minimum Gasteiger partial charge on any atom is -0.480 e. The van der Waals surface area contributed by atoms with Gasteiger partial charge in [0.25, 0.3) is 0 Å². The number of fused-ring (bicyclic) bond motifs is 1. The van der Waals surface area contributed by atoms with Gasteiger partial charge >= 0.3 is 6.18 Å². The number of aliphatic hydroxyl groups is 1. The van der Waals surface area contributed by atoms with Crippen molar-refractivity contribution in [3.63, 3.8) is 0 Å². The van der Waals surface area contributed by atoms with Crippen LogP contribution in [0.3, 0.4) is 0 Å². The van der Waals surface area contributed by atoms with Crippen LogP contribution in [0, 0.1) is 0 Å². The van der Waals surface area contributed by atoms with Gasteiger partial charge in [-0.25, -0.2) is 29.6 Å². The van der Waals surface area contributed by atoms with Crippen molar-refractivity contribution in [2.45, 2.75) is 57.8 Å². The van der Waals surface area contributed by atoms with E-state index in [2.05, 4.69) is 25.0 Å². The molecule has 42 heavy (non-hydrogen) atoms. The SMILES string of the molecule is COc1ncnc(C2CC2)c1-c1ncc2cnn(Cc3ccc(-c4nc(C(F)(F)F)cn4C(C)C)cc3CCO)c2n1. The van der Waals surface area contributed by atoms with Crippen LogP contribution in [0.25, 0.3) is 33.8 Å². The van der Waals surface area contributed by atoms with Crippen molar-refractivity contribution in [1.29, 1.82) is 0 Å². The maximum atomic E-state index is 13.5. The minimum atomic E-state index is -4.56. The van der Waals surface area contributed by atoms with Crippen molar-refractivity contribution < 1.29 is 23.0 Å². The number of ether oxygens (including phenoxy) is 1. The minimum absolute atomic E-state index is 0.132. The van der Waals surface area contributed by atoms with Crippen LogP contribution in [0.1, 0.15) is 61.2 Å². The monoisotopic (exact) mass is 578 g/mol. The molecule has 1 N–H and O–H groups in total. The Kier molecular flexibility index (Phi) is 7.13. The number of nitrogens with zero attached hydrogens (tertiary/aromatic N) is 8. The molecule has 5 aromatic rings. The highest BCUT2D eigenvalue weighted by Crippen LogP contribution is 2.45. The summed E-state index contributed by atoms with van der Waals surface area (Å²) in [6.45, 7) is 3.79. The van der Waals surface area contributed by atoms with Crippen LogP contribution in [0.5, 0.6) is 5.88 Å². The summed E-state index contributed by atoms with van der Waals surface area (Å²) in [5, 5.41) is 15.1. The first kappa shape index (κ1) is 27.8. The molecule has 1 saturated carbocycles. The summed E-state index contributed by atoms with van der Waals surface area (Å²) in [5.74, 6) is 1.39. The van der Waals surface area contributed by atoms with Crippen molar-refractivity contribution in [2.75, 3.05) is 13.7 Å². The number of alkyl halides is 3. The molecule has 10 nitrogen and oxygen atoms in total. The molecule has 218 valence electrons. The molecule has 0 atom stereocenters. The molecule has 4 aromatic heterocycles. The summed E-state index contributed by atoms with van der Waals surface area (Å²) >= 11 is 0. The first-order chi connectivity index (χ1) is 20.2. The van der Waals surface area contributed by atoms with Crippen LogP contribution in [-0.2, 0) is 19.1 Å². The Hall–Kier alpha value is -4.39. The first-order valence-electron chi connectivity index (χ1n) is 13.6. The third kappa shape index (κ3) is 5.20. The number of halogens is 3. The molecule has 0 saturated heterocycles. The Balaban J connectivity index is 1.38. The Morgan fingerprint density at radius 3 is 2.57 bits per heavy atom. The van der Waals surface area contributed by atoms with Crippen LogP contribution in [0.2, 0.25) is 0 Å². The Bertz CT molecular complexity index is 1760. The molecule has 0 unspecified atom stereocenters. The van der Waals surface area contributed by atoms with Gasteiger partial charge in [-0.2, -0.15) is 18.3 Å². The smallest absolute Gasteiger partial charge is 0.434 e. The van der Waals surface area contributed by atoms with Crippen LogP contribution in [-0.4, -0.2) is 58.1 Å². The quantitative estimate of drug-likeness (QED) is 0.253. The number of benzene rings is 1. The number of aromatic nitrogens is 8. The molecular weight excluding hydrogens is 549 g/mol. The van der Waals surface area contributed by atoms with Crippen molar-refractivity contribution in [1.82, 2.24) is 39.3 Å². The fourth-order valence-corrected chi connectivity index (χ4v) is 5.09. The van der Waals surface area contributed by atoms with Gasteiger partial charge in [-0.05, 0) is 50.3 Å². The highest BCUT2D eigenvalue weighted by molar-refractivity contribution is 5.77. The molecule has 13 heteroatoms.